The Morgan fingerprint density at radius 1 is 1.10 bits per heavy atom. The summed E-state index contributed by atoms with van der Waals surface area (Å²) in [6.45, 7) is 8.63. The van der Waals surface area contributed by atoms with Crippen molar-refractivity contribution in [3.63, 3.8) is 0 Å². The second-order valence-electron chi connectivity index (χ2n) is 7.19. The topological polar surface area (TPSA) is 67.7 Å². The summed E-state index contributed by atoms with van der Waals surface area (Å²) >= 11 is 0. The van der Waals surface area contributed by atoms with Gasteiger partial charge in [0, 0.05) is 38.4 Å². The highest BCUT2D eigenvalue weighted by Crippen LogP contribution is 2.03. The standard InChI is InChI=1S/C23H34N4O2/c1-3-24-23(25-14-8-10-16-27-15-9-7-13-22(27)28)26-17-20(2)18-29-19-21-11-5-4-6-12-21/h4-7,9,11-13,15,20H,3,8,10,14,16-19H2,1-2H3,(H2,24,25,26). The summed E-state index contributed by atoms with van der Waals surface area (Å²) in [5.41, 5.74) is 1.25. The number of hydrogen-bond acceptors (Lipinski definition) is 3. The van der Waals surface area contributed by atoms with E-state index in [1.807, 2.05) is 30.5 Å². The molecule has 0 spiro atoms. The molecule has 0 fully saturated rings. The van der Waals surface area contributed by atoms with Gasteiger partial charge in [0.25, 0.3) is 0 Å². The van der Waals surface area contributed by atoms with Crippen molar-refractivity contribution in [2.75, 3.05) is 26.2 Å². The Morgan fingerprint density at radius 2 is 1.90 bits per heavy atom. The molecule has 1 atom stereocenters. The van der Waals surface area contributed by atoms with E-state index in [-0.39, 0.29) is 5.56 Å². The molecule has 2 aromatic rings. The van der Waals surface area contributed by atoms with Crippen LogP contribution in [0.5, 0.6) is 0 Å². The monoisotopic (exact) mass is 398 g/mol. The fourth-order valence-electron chi connectivity index (χ4n) is 2.85. The lowest BCUT2D eigenvalue weighted by Gasteiger charge is -2.14. The van der Waals surface area contributed by atoms with E-state index in [1.165, 1.54) is 5.56 Å². The number of nitrogens with one attached hydrogen (secondary N) is 2. The molecule has 6 heteroatoms. The highest BCUT2D eigenvalue weighted by Gasteiger charge is 2.04. The van der Waals surface area contributed by atoms with E-state index in [9.17, 15) is 4.79 Å². The molecule has 0 aliphatic heterocycles. The van der Waals surface area contributed by atoms with Gasteiger partial charge in [0.1, 0.15) is 0 Å². The van der Waals surface area contributed by atoms with Crippen molar-refractivity contribution in [2.24, 2.45) is 10.9 Å². The number of aryl methyl sites for hydroxylation is 1. The van der Waals surface area contributed by atoms with E-state index in [2.05, 4.69) is 41.6 Å². The minimum Gasteiger partial charge on any atom is -0.376 e. The molecule has 6 nitrogen and oxygen atoms in total. The number of rotatable bonds is 12. The lowest BCUT2D eigenvalue weighted by Crippen LogP contribution is -2.38. The summed E-state index contributed by atoms with van der Waals surface area (Å²) in [5.74, 6) is 1.18. The number of aliphatic imine (C=N–C) groups is 1. The second-order valence-corrected chi connectivity index (χ2v) is 7.19. The first-order valence-corrected chi connectivity index (χ1v) is 10.5. The molecule has 1 aromatic heterocycles. The molecule has 0 radical (unpaired) electrons. The fraction of sp³-hybridized carbons (Fsp3) is 0.478. The van der Waals surface area contributed by atoms with Crippen LogP contribution < -0.4 is 16.2 Å². The van der Waals surface area contributed by atoms with Gasteiger partial charge in [0.05, 0.1) is 13.2 Å². The molecule has 0 aliphatic carbocycles. The third-order valence-corrected chi connectivity index (χ3v) is 4.44. The Kier molecular flexibility index (Phi) is 10.6. The Bertz CT molecular complexity index is 774. The van der Waals surface area contributed by atoms with Crippen molar-refractivity contribution in [3.8, 4) is 0 Å². The van der Waals surface area contributed by atoms with Crippen molar-refractivity contribution in [1.82, 2.24) is 15.2 Å². The van der Waals surface area contributed by atoms with Crippen LogP contribution in [-0.4, -0.2) is 36.8 Å². The Balaban J connectivity index is 1.64. The van der Waals surface area contributed by atoms with Gasteiger partial charge in [-0.2, -0.15) is 0 Å². The molecule has 158 valence electrons. The molecule has 1 aromatic carbocycles. The Morgan fingerprint density at radius 3 is 2.66 bits per heavy atom. The molecule has 0 amide bonds. The van der Waals surface area contributed by atoms with Crippen molar-refractivity contribution < 1.29 is 4.74 Å². The van der Waals surface area contributed by atoms with Gasteiger partial charge in [-0.25, -0.2) is 0 Å². The maximum atomic E-state index is 11.7. The number of pyridine rings is 1. The number of ether oxygens (including phenoxy) is 1. The molecule has 0 aliphatic rings. The highest BCUT2D eigenvalue weighted by molar-refractivity contribution is 5.79. The summed E-state index contributed by atoms with van der Waals surface area (Å²) < 4.78 is 7.55. The zero-order valence-electron chi connectivity index (χ0n) is 17.6. The number of nitrogens with zero attached hydrogens (tertiary/aromatic N) is 2. The van der Waals surface area contributed by atoms with Crippen LogP contribution in [-0.2, 0) is 17.9 Å². The number of guanidine groups is 1. The van der Waals surface area contributed by atoms with E-state index in [0.29, 0.717) is 25.7 Å². The zero-order chi connectivity index (χ0) is 20.7. The highest BCUT2D eigenvalue weighted by atomic mass is 16.5. The predicted octanol–water partition coefficient (Wildman–Crippen LogP) is 3.04. The van der Waals surface area contributed by atoms with Crippen LogP contribution in [0.2, 0.25) is 0 Å². The molecule has 2 N–H and O–H groups in total. The molecular weight excluding hydrogens is 364 g/mol. The SMILES string of the molecule is CCNC(=NCC(C)COCc1ccccc1)NCCCCn1ccccc1=O. The summed E-state index contributed by atoms with van der Waals surface area (Å²) in [6.07, 6.45) is 3.75. The number of unbranched alkanes of at least 4 members (excludes halogenated alkanes) is 1. The van der Waals surface area contributed by atoms with Crippen molar-refractivity contribution >= 4 is 5.96 Å². The minimum absolute atomic E-state index is 0.0545. The largest absolute Gasteiger partial charge is 0.376 e. The van der Waals surface area contributed by atoms with E-state index < -0.39 is 0 Å². The maximum absolute atomic E-state index is 11.7. The average molecular weight is 399 g/mol. The summed E-state index contributed by atoms with van der Waals surface area (Å²) in [6, 6.07) is 15.5. The molecular formula is C23H34N4O2. The lowest BCUT2D eigenvalue weighted by molar-refractivity contribution is 0.0945. The van der Waals surface area contributed by atoms with Crippen molar-refractivity contribution in [3.05, 3.63) is 70.6 Å². The quantitative estimate of drug-likeness (QED) is 0.328. The van der Waals surface area contributed by atoms with Crippen LogP contribution in [0.3, 0.4) is 0 Å². The van der Waals surface area contributed by atoms with Crippen molar-refractivity contribution in [1.29, 1.82) is 0 Å². The van der Waals surface area contributed by atoms with Crippen LogP contribution in [0, 0.1) is 5.92 Å². The van der Waals surface area contributed by atoms with Gasteiger partial charge in [-0.05, 0) is 37.3 Å². The van der Waals surface area contributed by atoms with Gasteiger partial charge in [0.2, 0.25) is 5.56 Å². The Hall–Kier alpha value is -2.60. The molecule has 0 bridgehead atoms. The maximum Gasteiger partial charge on any atom is 0.250 e. The van der Waals surface area contributed by atoms with Crippen LogP contribution >= 0.6 is 0 Å². The zero-order valence-corrected chi connectivity index (χ0v) is 17.6. The molecule has 0 saturated heterocycles. The predicted molar refractivity (Wildman–Crippen MR) is 119 cm³/mol. The third kappa shape index (κ3) is 9.43. The molecule has 0 saturated carbocycles. The molecule has 29 heavy (non-hydrogen) atoms. The molecule has 1 heterocycles. The van der Waals surface area contributed by atoms with Gasteiger partial charge >= 0.3 is 0 Å². The van der Waals surface area contributed by atoms with Gasteiger partial charge < -0.3 is 19.9 Å². The fourth-order valence-corrected chi connectivity index (χ4v) is 2.85. The van der Waals surface area contributed by atoms with Gasteiger partial charge in [-0.15, -0.1) is 0 Å². The first kappa shape index (κ1) is 22.7. The number of benzene rings is 1. The Labute approximate surface area is 174 Å². The van der Waals surface area contributed by atoms with E-state index in [1.54, 1.807) is 16.7 Å². The van der Waals surface area contributed by atoms with Gasteiger partial charge in [-0.1, -0.05) is 43.3 Å². The van der Waals surface area contributed by atoms with Crippen molar-refractivity contribution in [2.45, 2.75) is 39.8 Å². The van der Waals surface area contributed by atoms with Crippen LogP contribution in [0.25, 0.3) is 0 Å². The number of hydrogen-bond donors (Lipinski definition) is 2. The van der Waals surface area contributed by atoms with Gasteiger partial charge in [0.15, 0.2) is 5.96 Å². The van der Waals surface area contributed by atoms with E-state index in [4.69, 9.17) is 4.74 Å². The number of aromatic nitrogens is 1. The van der Waals surface area contributed by atoms with E-state index in [0.717, 1.165) is 38.4 Å². The van der Waals surface area contributed by atoms with Crippen LogP contribution in [0.15, 0.2) is 64.5 Å². The van der Waals surface area contributed by atoms with Crippen LogP contribution in [0.1, 0.15) is 32.3 Å². The van der Waals surface area contributed by atoms with Gasteiger partial charge in [-0.3, -0.25) is 9.79 Å². The second kappa shape index (κ2) is 13.6. The lowest BCUT2D eigenvalue weighted by atomic mass is 10.2. The third-order valence-electron chi connectivity index (χ3n) is 4.44. The summed E-state index contributed by atoms with van der Waals surface area (Å²) in [4.78, 5) is 16.4. The molecule has 1 unspecified atom stereocenters. The smallest absolute Gasteiger partial charge is 0.250 e. The average Bonchev–Trinajstić information content (AvgIpc) is 2.73. The first-order chi connectivity index (χ1) is 14.2. The normalized spacial score (nSPS) is 12.6. The summed E-state index contributed by atoms with van der Waals surface area (Å²) in [7, 11) is 0. The first-order valence-electron chi connectivity index (χ1n) is 10.5. The van der Waals surface area contributed by atoms with Crippen LogP contribution in [0.4, 0.5) is 0 Å². The summed E-state index contributed by atoms with van der Waals surface area (Å²) in [5, 5.41) is 6.65. The molecule has 2 rings (SSSR count). The van der Waals surface area contributed by atoms with E-state index >= 15 is 0 Å². The minimum atomic E-state index is 0.0545.